The molecule has 2 aliphatic heterocycles. The standard InChI is InChI=1S/C25H34N4O4S/c1-17-22(18(2)33-27-17)23(30)28-12-8-25(9-13-28)10-14-29(16-25)24(34)26-11-7-19-5-6-20(31-3)21(15-19)32-4/h5-6,15H,7-14,16H2,1-4H3,(H,26,34). The lowest BCUT2D eigenvalue weighted by Gasteiger charge is -2.39. The van der Waals surface area contributed by atoms with Crippen molar-refractivity contribution in [1.29, 1.82) is 0 Å². The minimum absolute atomic E-state index is 0.0355. The van der Waals surface area contributed by atoms with Crippen molar-refractivity contribution in [2.45, 2.75) is 39.5 Å². The first-order chi connectivity index (χ1) is 16.4. The van der Waals surface area contributed by atoms with Crippen LogP contribution in [0.15, 0.2) is 22.7 Å². The van der Waals surface area contributed by atoms with Crippen molar-refractivity contribution in [2.24, 2.45) is 5.41 Å². The topological polar surface area (TPSA) is 80.1 Å². The average Bonchev–Trinajstić information content (AvgIpc) is 3.41. The minimum Gasteiger partial charge on any atom is -0.493 e. The normalized spacial score (nSPS) is 17.2. The zero-order valence-corrected chi connectivity index (χ0v) is 21.3. The fourth-order valence-corrected chi connectivity index (χ4v) is 5.37. The average molecular weight is 487 g/mol. The van der Waals surface area contributed by atoms with E-state index in [1.807, 2.05) is 24.0 Å². The van der Waals surface area contributed by atoms with Gasteiger partial charge < -0.3 is 29.1 Å². The van der Waals surface area contributed by atoms with Gasteiger partial charge in [-0.1, -0.05) is 11.2 Å². The van der Waals surface area contributed by atoms with Gasteiger partial charge in [-0.05, 0) is 74.9 Å². The van der Waals surface area contributed by atoms with E-state index in [1.54, 1.807) is 21.1 Å². The van der Waals surface area contributed by atoms with Gasteiger partial charge >= 0.3 is 0 Å². The monoisotopic (exact) mass is 486 g/mol. The lowest BCUT2D eigenvalue weighted by molar-refractivity contribution is 0.0596. The van der Waals surface area contributed by atoms with Gasteiger partial charge in [0.15, 0.2) is 16.6 Å². The van der Waals surface area contributed by atoms with Crippen molar-refractivity contribution in [1.82, 2.24) is 20.3 Å². The summed E-state index contributed by atoms with van der Waals surface area (Å²) >= 11 is 5.71. The highest BCUT2D eigenvalue weighted by molar-refractivity contribution is 7.80. The molecule has 1 amide bonds. The predicted molar refractivity (Wildman–Crippen MR) is 134 cm³/mol. The molecule has 3 heterocycles. The van der Waals surface area contributed by atoms with Gasteiger partial charge in [0.2, 0.25) is 0 Å². The van der Waals surface area contributed by atoms with Crippen LogP contribution in [0.3, 0.4) is 0 Å². The number of aromatic nitrogens is 1. The number of nitrogens with zero attached hydrogens (tertiary/aromatic N) is 3. The largest absolute Gasteiger partial charge is 0.493 e. The Hall–Kier alpha value is -2.81. The molecule has 8 nitrogen and oxygen atoms in total. The molecule has 0 unspecified atom stereocenters. The number of thiocarbonyl (C=S) groups is 1. The molecule has 34 heavy (non-hydrogen) atoms. The zero-order chi connectivity index (χ0) is 24.3. The van der Waals surface area contributed by atoms with Gasteiger partial charge in [-0.3, -0.25) is 4.79 Å². The van der Waals surface area contributed by atoms with Crippen molar-refractivity contribution in [2.75, 3.05) is 46.9 Å². The van der Waals surface area contributed by atoms with Crippen LogP contribution >= 0.6 is 12.2 Å². The van der Waals surface area contributed by atoms with Crippen LogP contribution in [-0.2, 0) is 6.42 Å². The molecule has 2 aromatic rings. The zero-order valence-electron chi connectivity index (χ0n) is 20.5. The molecule has 1 spiro atoms. The van der Waals surface area contributed by atoms with Crippen LogP contribution < -0.4 is 14.8 Å². The number of hydrogen-bond donors (Lipinski definition) is 1. The quantitative estimate of drug-likeness (QED) is 0.623. The number of carbonyl (C=O) groups excluding carboxylic acids is 1. The van der Waals surface area contributed by atoms with Gasteiger partial charge in [-0.15, -0.1) is 0 Å². The molecule has 0 radical (unpaired) electrons. The second-order valence-corrected chi connectivity index (χ2v) is 9.72. The third kappa shape index (κ3) is 4.99. The fraction of sp³-hybridized carbons (Fsp3) is 0.560. The van der Waals surface area contributed by atoms with Crippen LogP contribution in [0.2, 0.25) is 0 Å². The Morgan fingerprint density at radius 3 is 2.41 bits per heavy atom. The Morgan fingerprint density at radius 2 is 1.79 bits per heavy atom. The number of carbonyl (C=O) groups is 1. The molecule has 0 atom stereocenters. The third-order valence-corrected chi connectivity index (χ3v) is 7.62. The summed E-state index contributed by atoms with van der Waals surface area (Å²) in [5, 5.41) is 8.16. The Kier molecular flexibility index (Phi) is 7.30. The molecular formula is C25H34N4O4S. The summed E-state index contributed by atoms with van der Waals surface area (Å²) in [6.45, 7) is 7.81. The molecule has 1 aromatic carbocycles. The van der Waals surface area contributed by atoms with E-state index in [0.29, 0.717) is 17.0 Å². The lowest BCUT2D eigenvalue weighted by Crippen LogP contribution is -2.46. The van der Waals surface area contributed by atoms with E-state index in [4.69, 9.17) is 26.2 Å². The first-order valence-corrected chi connectivity index (χ1v) is 12.2. The number of rotatable bonds is 6. The van der Waals surface area contributed by atoms with E-state index in [-0.39, 0.29) is 11.3 Å². The summed E-state index contributed by atoms with van der Waals surface area (Å²) in [6, 6.07) is 5.99. The minimum atomic E-state index is 0.0355. The summed E-state index contributed by atoms with van der Waals surface area (Å²) in [7, 11) is 3.29. The van der Waals surface area contributed by atoms with Gasteiger partial charge in [0.1, 0.15) is 11.3 Å². The van der Waals surface area contributed by atoms with Gasteiger partial charge in [0.05, 0.1) is 19.9 Å². The van der Waals surface area contributed by atoms with E-state index in [9.17, 15) is 4.79 Å². The number of benzene rings is 1. The number of aryl methyl sites for hydroxylation is 2. The summed E-state index contributed by atoms with van der Waals surface area (Å²) < 4.78 is 15.9. The van der Waals surface area contributed by atoms with E-state index in [0.717, 1.165) is 75.0 Å². The first-order valence-electron chi connectivity index (χ1n) is 11.8. The van der Waals surface area contributed by atoms with E-state index in [1.165, 1.54) is 5.56 Å². The van der Waals surface area contributed by atoms with E-state index >= 15 is 0 Å². The highest BCUT2D eigenvalue weighted by Gasteiger charge is 2.42. The fourth-order valence-electron chi connectivity index (χ4n) is 5.11. The lowest BCUT2D eigenvalue weighted by atomic mass is 9.77. The Labute approximate surface area is 206 Å². The maximum absolute atomic E-state index is 13.0. The number of methoxy groups -OCH3 is 2. The van der Waals surface area contributed by atoms with Crippen LogP contribution in [0.5, 0.6) is 11.5 Å². The van der Waals surface area contributed by atoms with Crippen molar-refractivity contribution >= 4 is 23.2 Å². The molecular weight excluding hydrogens is 452 g/mol. The van der Waals surface area contributed by atoms with E-state index < -0.39 is 0 Å². The first kappa shape index (κ1) is 24.3. The number of ether oxygens (including phenoxy) is 2. The van der Waals surface area contributed by atoms with Crippen LogP contribution in [0.4, 0.5) is 0 Å². The number of piperidine rings is 1. The number of hydrogen-bond acceptors (Lipinski definition) is 6. The molecule has 9 heteroatoms. The van der Waals surface area contributed by atoms with Gasteiger partial charge in [0, 0.05) is 32.7 Å². The number of nitrogens with one attached hydrogen (secondary N) is 1. The van der Waals surface area contributed by atoms with Gasteiger partial charge in [-0.25, -0.2) is 0 Å². The molecule has 0 aliphatic carbocycles. The molecule has 1 aromatic heterocycles. The molecule has 4 rings (SSSR count). The van der Waals surface area contributed by atoms with Crippen LogP contribution in [0.1, 0.15) is 46.6 Å². The Bertz CT molecular complexity index is 1030. The molecule has 0 bridgehead atoms. The molecule has 1 N–H and O–H groups in total. The van der Waals surface area contributed by atoms with Gasteiger partial charge in [-0.2, -0.15) is 0 Å². The molecule has 2 fully saturated rings. The predicted octanol–water partition coefficient (Wildman–Crippen LogP) is 3.35. The molecule has 0 saturated carbocycles. The highest BCUT2D eigenvalue weighted by atomic mass is 32.1. The van der Waals surface area contributed by atoms with Crippen LogP contribution in [-0.4, -0.2) is 72.9 Å². The summed E-state index contributed by atoms with van der Waals surface area (Å²) in [4.78, 5) is 17.2. The summed E-state index contributed by atoms with van der Waals surface area (Å²) in [6.07, 6.45) is 3.94. The number of amides is 1. The summed E-state index contributed by atoms with van der Waals surface area (Å²) in [5.74, 6) is 2.10. The maximum atomic E-state index is 13.0. The smallest absolute Gasteiger partial charge is 0.259 e. The number of likely N-dealkylation sites (tertiary alicyclic amines) is 2. The summed E-state index contributed by atoms with van der Waals surface area (Å²) in [5.41, 5.74) is 2.68. The Balaban J connectivity index is 1.25. The maximum Gasteiger partial charge on any atom is 0.259 e. The molecule has 184 valence electrons. The molecule has 2 saturated heterocycles. The second kappa shape index (κ2) is 10.2. The third-order valence-electron chi connectivity index (χ3n) is 7.22. The van der Waals surface area contributed by atoms with E-state index in [2.05, 4.69) is 21.4 Å². The van der Waals surface area contributed by atoms with Gasteiger partial charge in [0.25, 0.3) is 5.91 Å². The van der Waals surface area contributed by atoms with Crippen LogP contribution in [0, 0.1) is 19.3 Å². The van der Waals surface area contributed by atoms with Crippen LogP contribution in [0.25, 0.3) is 0 Å². The van der Waals surface area contributed by atoms with Crippen molar-refractivity contribution in [3.63, 3.8) is 0 Å². The Morgan fingerprint density at radius 1 is 1.12 bits per heavy atom. The van der Waals surface area contributed by atoms with Crippen molar-refractivity contribution in [3.8, 4) is 11.5 Å². The van der Waals surface area contributed by atoms with Crippen molar-refractivity contribution < 1.29 is 18.8 Å². The molecule has 2 aliphatic rings. The van der Waals surface area contributed by atoms with Crippen molar-refractivity contribution in [3.05, 3.63) is 40.8 Å². The second-order valence-electron chi connectivity index (χ2n) is 9.33. The SMILES string of the molecule is COc1ccc(CCNC(=S)N2CCC3(CCN(C(=O)c4c(C)noc4C)CC3)C2)cc1OC. The highest BCUT2D eigenvalue weighted by Crippen LogP contribution is 2.40.